The molecule has 0 aliphatic heterocycles. The molecule has 33 heavy (non-hydrogen) atoms. The van der Waals surface area contributed by atoms with Gasteiger partial charge in [-0.3, -0.25) is 9.59 Å². The summed E-state index contributed by atoms with van der Waals surface area (Å²) in [7, 11) is 3.39. The van der Waals surface area contributed by atoms with Gasteiger partial charge in [0.05, 0.1) is 24.4 Å². The second-order valence-electron chi connectivity index (χ2n) is 8.43. The minimum Gasteiger partial charge on any atom is -0.379 e. The predicted octanol–water partition coefficient (Wildman–Crippen LogP) is 2.26. The minimum atomic E-state index is -1.01. The molecule has 0 saturated heterocycles. The highest BCUT2D eigenvalue weighted by atomic mass is 19.1. The fraction of sp³-hybridized carbons (Fsp3) is 0.455. The Hall–Kier alpha value is -3.47. The maximum atomic E-state index is 13.2. The zero-order chi connectivity index (χ0) is 23.1. The highest BCUT2D eigenvalue weighted by Crippen LogP contribution is 2.31. The van der Waals surface area contributed by atoms with E-state index < -0.39 is 18.1 Å². The topological polar surface area (TPSA) is 115 Å². The van der Waals surface area contributed by atoms with Gasteiger partial charge in [0.25, 0.3) is 11.5 Å². The van der Waals surface area contributed by atoms with Gasteiger partial charge < -0.3 is 25.3 Å². The van der Waals surface area contributed by atoms with E-state index in [4.69, 9.17) is 4.74 Å². The van der Waals surface area contributed by atoms with Gasteiger partial charge in [-0.15, -0.1) is 0 Å². The van der Waals surface area contributed by atoms with E-state index in [0.717, 1.165) is 19.3 Å². The molecule has 0 radical (unpaired) electrons. The van der Waals surface area contributed by atoms with Crippen molar-refractivity contribution in [1.82, 2.24) is 24.5 Å². The fourth-order valence-electron chi connectivity index (χ4n) is 4.43. The van der Waals surface area contributed by atoms with E-state index in [9.17, 15) is 14.0 Å². The number of aromatic nitrogens is 4. The van der Waals surface area contributed by atoms with Gasteiger partial charge in [0.15, 0.2) is 5.65 Å². The number of fused-ring (bicyclic) bond motifs is 1. The number of hydrogen-bond acceptors (Lipinski definition) is 7. The number of carbonyl (C=O) groups excluding carboxylic acids is 1. The number of methoxy groups -OCH3 is 1. The molecule has 0 bridgehead atoms. The van der Waals surface area contributed by atoms with Crippen LogP contribution < -0.4 is 21.5 Å². The molecule has 3 aromatic heterocycles. The summed E-state index contributed by atoms with van der Waals surface area (Å²) < 4.78 is 22.0. The molecule has 2 aliphatic rings. The molecule has 1 amide bonds. The molecule has 0 aromatic carbocycles. The first kappa shape index (κ1) is 21.4. The molecular weight excluding hydrogens is 429 g/mol. The van der Waals surface area contributed by atoms with Crippen LogP contribution in [0.1, 0.15) is 42.1 Å². The number of amides is 1. The number of nitrogens with zero attached hydrogens (tertiary/aromatic N) is 4. The molecule has 0 unspecified atom stereocenters. The summed E-state index contributed by atoms with van der Waals surface area (Å²) in [5.41, 5.74) is 0.716. The Labute approximate surface area is 189 Å². The SMILES string of the molecule is CNc1cc(Nc2cccn([C@H]3CCC[C@H]3OC)c2=O)nc2c(C(=O)N[C@@H]3C[C@@H]3F)cnn12. The molecule has 3 heterocycles. The number of hydrogen-bond donors (Lipinski definition) is 3. The zero-order valence-corrected chi connectivity index (χ0v) is 18.4. The van der Waals surface area contributed by atoms with Crippen LogP contribution in [0.25, 0.3) is 5.65 Å². The lowest BCUT2D eigenvalue weighted by atomic mass is 10.2. The first-order valence-electron chi connectivity index (χ1n) is 11.0. The highest BCUT2D eigenvalue weighted by Gasteiger charge is 2.39. The number of alkyl halides is 1. The molecule has 5 rings (SSSR count). The first-order valence-corrected chi connectivity index (χ1v) is 11.0. The number of anilines is 3. The van der Waals surface area contributed by atoms with Crippen molar-refractivity contribution in [2.24, 2.45) is 0 Å². The van der Waals surface area contributed by atoms with Crippen molar-refractivity contribution in [3.05, 3.63) is 46.5 Å². The van der Waals surface area contributed by atoms with Crippen LogP contribution in [0, 0.1) is 0 Å². The second kappa shape index (κ2) is 8.47. The van der Waals surface area contributed by atoms with Crippen LogP contribution in [0.5, 0.6) is 0 Å². The van der Waals surface area contributed by atoms with Gasteiger partial charge in [-0.2, -0.15) is 9.61 Å². The van der Waals surface area contributed by atoms with E-state index in [1.54, 1.807) is 37.1 Å². The summed E-state index contributed by atoms with van der Waals surface area (Å²) in [4.78, 5) is 30.3. The van der Waals surface area contributed by atoms with E-state index in [1.807, 2.05) is 6.07 Å². The highest BCUT2D eigenvalue weighted by molar-refractivity contribution is 6.00. The van der Waals surface area contributed by atoms with Crippen LogP contribution in [0.3, 0.4) is 0 Å². The van der Waals surface area contributed by atoms with Crippen LogP contribution in [0.15, 0.2) is 35.4 Å². The van der Waals surface area contributed by atoms with Crippen molar-refractivity contribution in [2.75, 3.05) is 24.8 Å². The van der Waals surface area contributed by atoms with Gasteiger partial charge in [-0.25, -0.2) is 9.37 Å². The Morgan fingerprint density at radius 1 is 1.33 bits per heavy atom. The lowest BCUT2D eigenvalue weighted by Crippen LogP contribution is -2.30. The summed E-state index contributed by atoms with van der Waals surface area (Å²) in [5, 5.41) is 13.0. The summed E-state index contributed by atoms with van der Waals surface area (Å²) >= 11 is 0. The number of pyridine rings is 1. The minimum absolute atomic E-state index is 0.00608. The molecule has 3 aromatic rings. The van der Waals surface area contributed by atoms with E-state index in [-0.39, 0.29) is 23.3 Å². The van der Waals surface area contributed by atoms with Crippen LogP contribution >= 0.6 is 0 Å². The van der Waals surface area contributed by atoms with Crippen LogP contribution in [-0.2, 0) is 4.74 Å². The summed E-state index contributed by atoms with van der Waals surface area (Å²) in [6, 6.07) is 4.72. The monoisotopic (exact) mass is 455 g/mol. The predicted molar refractivity (Wildman–Crippen MR) is 121 cm³/mol. The van der Waals surface area contributed by atoms with Crippen LogP contribution in [0.4, 0.5) is 21.7 Å². The molecule has 3 N–H and O–H groups in total. The molecule has 11 heteroatoms. The summed E-state index contributed by atoms with van der Waals surface area (Å²) in [6.45, 7) is 0. The van der Waals surface area contributed by atoms with Crippen molar-refractivity contribution in [3.63, 3.8) is 0 Å². The molecule has 4 atom stereocenters. The number of carbonyl (C=O) groups is 1. The smallest absolute Gasteiger partial charge is 0.274 e. The van der Waals surface area contributed by atoms with E-state index in [2.05, 4.69) is 26.0 Å². The van der Waals surface area contributed by atoms with E-state index >= 15 is 0 Å². The average molecular weight is 455 g/mol. The molecule has 174 valence electrons. The number of ether oxygens (including phenoxy) is 1. The van der Waals surface area contributed by atoms with Gasteiger partial charge in [0.2, 0.25) is 0 Å². The maximum absolute atomic E-state index is 13.2. The van der Waals surface area contributed by atoms with Gasteiger partial charge in [0, 0.05) is 32.8 Å². The van der Waals surface area contributed by atoms with Crippen molar-refractivity contribution >= 4 is 28.9 Å². The number of rotatable bonds is 7. The quantitative estimate of drug-likeness (QED) is 0.501. The largest absolute Gasteiger partial charge is 0.379 e. The van der Waals surface area contributed by atoms with Crippen molar-refractivity contribution in [3.8, 4) is 0 Å². The molecule has 0 spiro atoms. The third-order valence-corrected chi connectivity index (χ3v) is 6.32. The Kier molecular flexibility index (Phi) is 5.49. The van der Waals surface area contributed by atoms with Gasteiger partial charge in [-0.05, 0) is 31.4 Å². The normalized spacial score (nSPS) is 24.1. The van der Waals surface area contributed by atoms with Crippen molar-refractivity contribution in [1.29, 1.82) is 0 Å². The average Bonchev–Trinajstić information content (AvgIpc) is 3.20. The standard InChI is InChI=1S/C22H26FN7O3/c1-24-19-10-18(28-20-12(11-25-30(19)20)21(31)27-15-9-13(15)23)26-14-5-4-8-29(22(14)32)16-6-3-7-17(16)33-2/h4-5,8,10-11,13,15-17,24H,3,6-7,9H2,1-2H3,(H,26,28)(H,27,31)/t13-,15+,16-,17+/m0/s1. The van der Waals surface area contributed by atoms with Gasteiger partial charge >= 0.3 is 0 Å². The summed E-state index contributed by atoms with van der Waals surface area (Å²) in [6.07, 6.45) is 5.30. The van der Waals surface area contributed by atoms with E-state index in [1.165, 1.54) is 10.7 Å². The molecular formula is C22H26FN7O3. The maximum Gasteiger partial charge on any atom is 0.274 e. The molecule has 2 aliphatic carbocycles. The third kappa shape index (κ3) is 3.92. The third-order valence-electron chi connectivity index (χ3n) is 6.32. The molecule has 2 fully saturated rings. The summed E-state index contributed by atoms with van der Waals surface area (Å²) in [5.74, 6) is 0.513. The Morgan fingerprint density at radius 3 is 2.88 bits per heavy atom. The Morgan fingerprint density at radius 2 is 2.15 bits per heavy atom. The van der Waals surface area contributed by atoms with Crippen molar-refractivity contribution < 1.29 is 13.9 Å². The Bertz CT molecular complexity index is 1260. The first-order chi connectivity index (χ1) is 16.0. The molecule has 10 nitrogen and oxygen atoms in total. The molecule has 2 saturated carbocycles. The zero-order valence-electron chi connectivity index (χ0n) is 18.4. The lowest BCUT2D eigenvalue weighted by Gasteiger charge is -2.21. The van der Waals surface area contributed by atoms with E-state index in [0.29, 0.717) is 29.4 Å². The number of halogens is 1. The Balaban J connectivity index is 1.48. The van der Waals surface area contributed by atoms with Crippen LogP contribution in [0.2, 0.25) is 0 Å². The number of nitrogens with one attached hydrogen (secondary N) is 3. The van der Waals surface area contributed by atoms with Crippen LogP contribution in [-0.4, -0.2) is 57.5 Å². The lowest BCUT2D eigenvalue weighted by molar-refractivity contribution is 0.0739. The fourth-order valence-corrected chi connectivity index (χ4v) is 4.43. The van der Waals surface area contributed by atoms with Gasteiger partial charge in [-0.1, -0.05) is 0 Å². The van der Waals surface area contributed by atoms with Crippen molar-refractivity contribution in [2.45, 2.75) is 50.0 Å². The second-order valence-corrected chi connectivity index (χ2v) is 8.43. The van der Waals surface area contributed by atoms with Gasteiger partial charge in [0.1, 0.15) is 29.1 Å².